The molecule has 0 aromatic heterocycles. The summed E-state index contributed by atoms with van der Waals surface area (Å²) in [6.45, 7) is 20.7. The van der Waals surface area contributed by atoms with Crippen molar-refractivity contribution in [3.8, 4) is 0 Å². The standard InChI is InChI=1S/8C8H18O.Cu/c8*1-2-3-4-5-6-7-8-9;/h8*9H,2-8H2,1H3;. The van der Waals surface area contributed by atoms with Gasteiger partial charge in [0.15, 0.2) is 0 Å². The Balaban J connectivity index is -0.0000000914. The van der Waals surface area contributed by atoms with Crippen LogP contribution in [0.2, 0.25) is 0 Å². The van der Waals surface area contributed by atoms with E-state index in [2.05, 4.69) is 55.4 Å². The van der Waals surface area contributed by atoms with Gasteiger partial charge in [-0.2, -0.15) is 0 Å². The first kappa shape index (κ1) is 92.6. The molecule has 0 spiro atoms. The molecule has 0 aliphatic rings. The molecule has 459 valence electrons. The Morgan fingerprint density at radius 2 is 0.192 bits per heavy atom. The van der Waals surface area contributed by atoms with Crippen molar-refractivity contribution >= 4 is 0 Å². The molecule has 9 heteroatoms. The number of unbranched alkanes of at least 4 members (excludes halogenated alkanes) is 40. The van der Waals surface area contributed by atoms with Crippen LogP contribution in [0.4, 0.5) is 0 Å². The molecule has 8 N–H and O–H groups in total. The molecule has 0 fully saturated rings. The molecule has 0 aliphatic carbocycles. The molecule has 0 atom stereocenters. The van der Waals surface area contributed by atoms with Gasteiger partial charge in [0.25, 0.3) is 0 Å². The maximum atomic E-state index is 8.42. The second-order valence-corrected chi connectivity index (χ2v) is 19.9. The van der Waals surface area contributed by atoms with Crippen LogP contribution in [0.1, 0.15) is 364 Å². The molecular weight excluding hydrogens is 960 g/mol. The monoisotopic (exact) mass is 1100 g/mol. The molecule has 0 rings (SSSR count). The molecule has 8 nitrogen and oxygen atoms in total. The van der Waals surface area contributed by atoms with Crippen molar-refractivity contribution in [2.24, 2.45) is 0 Å². The molecule has 1 radical (unpaired) electrons. The summed E-state index contributed by atoms with van der Waals surface area (Å²) in [6, 6.07) is 0. The minimum absolute atomic E-state index is 0. The van der Waals surface area contributed by atoms with Crippen LogP contribution >= 0.6 is 0 Å². The topological polar surface area (TPSA) is 162 Å². The third kappa shape index (κ3) is 153. The van der Waals surface area contributed by atoms with Gasteiger partial charge in [0.1, 0.15) is 0 Å². The number of aliphatic hydroxyl groups excluding tert-OH is 8. The van der Waals surface area contributed by atoms with E-state index in [1.807, 2.05) is 0 Å². The van der Waals surface area contributed by atoms with Crippen molar-refractivity contribution < 1.29 is 57.9 Å². The maximum Gasteiger partial charge on any atom is 0.0431 e. The summed E-state index contributed by atoms with van der Waals surface area (Å²) in [5.74, 6) is 0. The number of hydrogen-bond acceptors (Lipinski definition) is 8. The van der Waals surface area contributed by atoms with Crippen LogP contribution < -0.4 is 0 Å². The average molecular weight is 1110 g/mol. The summed E-state index contributed by atoms with van der Waals surface area (Å²) in [4.78, 5) is 0. The van der Waals surface area contributed by atoms with Crippen LogP contribution in [0.25, 0.3) is 0 Å². The van der Waals surface area contributed by atoms with Crippen LogP contribution in [0.15, 0.2) is 0 Å². The number of rotatable bonds is 48. The molecule has 0 unspecified atom stereocenters. The summed E-state index contributed by atoms with van der Waals surface area (Å²) >= 11 is 0. The van der Waals surface area contributed by atoms with Gasteiger partial charge in [-0.15, -0.1) is 0 Å². The predicted molar refractivity (Wildman–Crippen MR) is 324 cm³/mol. The van der Waals surface area contributed by atoms with Gasteiger partial charge in [-0.25, -0.2) is 0 Å². The molecule has 0 saturated carbocycles. The van der Waals surface area contributed by atoms with E-state index in [0.717, 1.165) is 51.4 Å². The fourth-order valence-corrected chi connectivity index (χ4v) is 7.14. The molecule has 0 aromatic rings. The van der Waals surface area contributed by atoms with Gasteiger partial charge in [0.2, 0.25) is 0 Å². The van der Waals surface area contributed by atoms with E-state index < -0.39 is 0 Å². The summed E-state index contributed by atoms with van der Waals surface area (Å²) in [5.41, 5.74) is 0. The van der Waals surface area contributed by atoms with E-state index in [-0.39, 0.29) is 17.1 Å². The van der Waals surface area contributed by atoms with E-state index in [9.17, 15) is 0 Å². The Hall–Kier alpha value is 0.199. The van der Waals surface area contributed by atoms with Crippen molar-refractivity contribution in [2.75, 3.05) is 52.9 Å². The molecule has 0 saturated heterocycles. The van der Waals surface area contributed by atoms with Crippen molar-refractivity contribution in [2.45, 2.75) is 364 Å². The summed E-state index contributed by atoms with van der Waals surface area (Å²) in [6.07, 6.45) is 60.0. The maximum absolute atomic E-state index is 8.42. The van der Waals surface area contributed by atoms with Crippen LogP contribution in [-0.4, -0.2) is 93.7 Å². The van der Waals surface area contributed by atoms with Gasteiger partial charge < -0.3 is 40.9 Å². The van der Waals surface area contributed by atoms with Crippen molar-refractivity contribution in [3.05, 3.63) is 0 Å². The minimum atomic E-state index is 0. The second-order valence-electron chi connectivity index (χ2n) is 19.9. The van der Waals surface area contributed by atoms with Crippen LogP contribution in [-0.2, 0) is 17.1 Å². The third-order valence-electron chi connectivity index (χ3n) is 12.1. The first-order valence-electron chi connectivity index (χ1n) is 32.2. The Morgan fingerprint density at radius 1 is 0.123 bits per heavy atom. The van der Waals surface area contributed by atoms with Gasteiger partial charge in [0.05, 0.1) is 0 Å². The first-order chi connectivity index (χ1) is 35.3. The molecule has 0 bridgehead atoms. The molecule has 0 aromatic carbocycles. The quantitative estimate of drug-likeness (QED) is 0.0221. The van der Waals surface area contributed by atoms with Gasteiger partial charge in [-0.05, 0) is 51.4 Å². The zero-order valence-corrected chi connectivity index (χ0v) is 52.4. The van der Waals surface area contributed by atoms with Crippen LogP contribution in [0.5, 0.6) is 0 Å². The largest absolute Gasteiger partial charge is 0.396 e. The van der Waals surface area contributed by atoms with Crippen LogP contribution in [0.3, 0.4) is 0 Å². The van der Waals surface area contributed by atoms with E-state index in [4.69, 9.17) is 40.9 Å². The Morgan fingerprint density at radius 3 is 0.260 bits per heavy atom. The van der Waals surface area contributed by atoms with Gasteiger partial charge in [0, 0.05) is 69.9 Å². The first-order valence-corrected chi connectivity index (χ1v) is 32.2. The van der Waals surface area contributed by atoms with E-state index in [0.29, 0.717) is 52.9 Å². The minimum Gasteiger partial charge on any atom is -0.396 e. The van der Waals surface area contributed by atoms with Crippen molar-refractivity contribution in [1.82, 2.24) is 0 Å². The third-order valence-corrected chi connectivity index (χ3v) is 12.1. The summed E-state index contributed by atoms with van der Waals surface area (Å²) < 4.78 is 0. The van der Waals surface area contributed by atoms with E-state index >= 15 is 0 Å². The van der Waals surface area contributed by atoms with E-state index in [1.54, 1.807) is 0 Å². The molecule has 0 heterocycles. The summed E-state index contributed by atoms with van der Waals surface area (Å²) in [5, 5.41) is 67.4. The summed E-state index contributed by atoms with van der Waals surface area (Å²) in [7, 11) is 0. The Labute approximate surface area is 472 Å². The number of hydrogen-bond donors (Lipinski definition) is 8. The molecule has 0 amide bonds. The zero-order valence-electron chi connectivity index (χ0n) is 51.5. The smallest absolute Gasteiger partial charge is 0.0431 e. The fraction of sp³-hybridized carbons (Fsp3) is 1.00. The zero-order chi connectivity index (χ0) is 55.6. The van der Waals surface area contributed by atoms with Crippen molar-refractivity contribution in [3.63, 3.8) is 0 Å². The van der Waals surface area contributed by atoms with Crippen molar-refractivity contribution in [1.29, 1.82) is 0 Å². The normalized spacial score (nSPS) is 9.86. The van der Waals surface area contributed by atoms with Gasteiger partial charge in [-0.1, -0.05) is 312 Å². The Kier molecular flexibility index (Phi) is 147. The van der Waals surface area contributed by atoms with Gasteiger partial charge in [-0.3, -0.25) is 0 Å². The SMILES string of the molecule is CCCCCCCCO.CCCCCCCCO.CCCCCCCCO.CCCCCCCCO.CCCCCCCCO.CCCCCCCCO.CCCCCCCCO.CCCCCCCCO.[Cu]. The second kappa shape index (κ2) is 116. The average Bonchev–Trinajstić information content (AvgIpc) is 3.40. The van der Waals surface area contributed by atoms with Crippen LogP contribution in [0, 0.1) is 0 Å². The van der Waals surface area contributed by atoms with Gasteiger partial charge >= 0.3 is 0 Å². The predicted octanol–water partition coefficient (Wildman–Crippen LogP) is 18.7. The molecular formula is C64H144CuO8. The number of aliphatic hydroxyl groups is 8. The molecule has 0 aliphatic heterocycles. The fourth-order valence-electron chi connectivity index (χ4n) is 7.14. The Bertz CT molecular complexity index is 478. The van der Waals surface area contributed by atoms with E-state index in [1.165, 1.54) is 257 Å². The molecule has 73 heavy (non-hydrogen) atoms.